The summed E-state index contributed by atoms with van der Waals surface area (Å²) in [6.07, 6.45) is 3.36. The van der Waals surface area contributed by atoms with E-state index in [4.69, 9.17) is 4.74 Å². The summed E-state index contributed by atoms with van der Waals surface area (Å²) >= 11 is 0. The van der Waals surface area contributed by atoms with E-state index in [1.807, 2.05) is 20.8 Å². The topological polar surface area (TPSA) is 70.0 Å². The van der Waals surface area contributed by atoms with Crippen molar-refractivity contribution in [3.63, 3.8) is 0 Å². The average molecular weight is 271 g/mol. The highest BCUT2D eigenvalue weighted by Gasteiger charge is 2.59. The van der Waals surface area contributed by atoms with Crippen molar-refractivity contribution in [2.45, 2.75) is 57.7 Å². The standard InChI is InChI=1S/C14H25NO4/c1-12(2,3)19-11(17)15-8-14(18,9-15)13(10-16)6-4-5-7-13/h16,18H,4-10H2,1-3H3. The number of ether oxygens (including phenoxy) is 1. The maximum Gasteiger partial charge on any atom is 0.410 e. The van der Waals surface area contributed by atoms with Gasteiger partial charge in [-0.25, -0.2) is 4.79 Å². The number of carbonyl (C=O) groups is 1. The smallest absolute Gasteiger partial charge is 0.410 e. The Hall–Kier alpha value is -0.810. The first-order valence-electron chi connectivity index (χ1n) is 7.03. The molecule has 1 heterocycles. The molecular formula is C14H25NO4. The zero-order chi connectivity index (χ0) is 14.3. The van der Waals surface area contributed by atoms with E-state index in [9.17, 15) is 15.0 Å². The third-order valence-corrected chi connectivity index (χ3v) is 4.41. The molecule has 0 aromatic carbocycles. The molecule has 2 aliphatic rings. The number of amides is 1. The molecule has 1 aliphatic heterocycles. The quantitative estimate of drug-likeness (QED) is 0.799. The second-order valence-electron chi connectivity index (χ2n) is 7.01. The zero-order valence-electron chi connectivity index (χ0n) is 12.1. The van der Waals surface area contributed by atoms with E-state index in [0.29, 0.717) is 0 Å². The fourth-order valence-corrected chi connectivity index (χ4v) is 3.20. The highest BCUT2D eigenvalue weighted by Crippen LogP contribution is 2.50. The first-order chi connectivity index (χ1) is 8.71. The average Bonchev–Trinajstić information content (AvgIpc) is 2.72. The van der Waals surface area contributed by atoms with Crippen LogP contribution in [0.3, 0.4) is 0 Å². The van der Waals surface area contributed by atoms with Crippen LogP contribution in [0.1, 0.15) is 46.5 Å². The molecule has 2 rings (SSSR count). The van der Waals surface area contributed by atoms with Crippen molar-refractivity contribution >= 4 is 6.09 Å². The summed E-state index contributed by atoms with van der Waals surface area (Å²) < 4.78 is 5.28. The number of hydrogen-bond acceptors (Lipinski definition) is 4. The number of β-amino-alcohol motifs (C(OH)–C–C–N with tert-alkyl or cyclic N) is 1. The number of aliphatic hydroxyl groups excluding tert-OH is 1. The van der Waals surface area contributed by atoms with Crippen LogP contribution in [-0.2, 0) is 4.74 Å². The third-order valence-electron chi connectivity index (χ3n) is 4.41. The Morgan fingerprint density at radius 1 is 1.26 bits per heavy atom. The molecule has 0 unspecified atom stereocenters. The molecule has 0 bridgehead atoms. The molecule has 0 aromatic heterocycles. The molecule has 1 aliphatic carbocycles. The van der Waals surface area contributed by atoms with Gasteiger partial charge in [-0.1, -0.05) is 12.8 Å². The van der Waals surface area contributed by atoms with E-state index < -0.39 is 16.6 Å². The van der Waals surface area contributed by atoms with Gasteiger partial charge >= 0.3 is 6.09 Å². The highest BCUT2D eigenvalue weighted by atomic mass is 16.6. The first kappa shape index (κ1) is 14.6. The van der Waals surface area contributed by atoms with Crippen LogP contribution in [0.15, 0.2) is 0 Å². The Labute approximate surface area is 114 Å². The normalized spacial score (nSPS) is 25.0. The lowest BCUT2D eigenvalue weighted by Gasteiger charge is -2.55. The molecule has 0 radical (unpaired) electrons. The van der Waals surface area contributed by atoms with Gasteiger partial charge in [-0.2, -0.15) is 0 Å². The maximum atomic E-state index is 11.9. The Morgan fingerprint density at radius 3 is 2.21 bits per heavy atom. The molecule has 1 saturated carbocycles. The summed E-state index contributed by atoms with van der Waals surface area (Å²) in [7, 11) is 0. The maximum absolute atomic E-state index is 11.9. The minimum atomic E-state index is -0.949. The first-order valence-corrected chi connectivity index (χ1v) is 7.03. The Kier molecular flexibility index (Phi) is 3.56. The third kappa shape index (κ3) is 2.58. The van der Waals surface area contributed by atoms with Gasteiger partial charge in [0, 0.05) is 5.41 Å². The lowest BCUT2D eigenvalue weighted by molar-refractivity contribution is -0.184. The highest BCUT2D eigenvalue weighted by molar-refractivity contribution is 5.69. The van der Waals surface area contributed by atoms with E-state index in [0.717, 1.165) is 25.7 Å². The Balaban J connectivity index is 1.96. The Bertz CT molecular complexity index is 349. The van der Waals surface area contributed by atoms with E-state index in [1.54, 1.807) is 0 Å². The zero-order valence-corrected chi connectivity index (χ0v) is 12.1. The number of aliphatic hydroxyl groups is 2. The van der Waals surface area contributed by atoms with Crippen molar-refractivity contribution in [3.8, 4) is 0 Å². The van der Waals surface area contributed by atoms with Crippen molar-refractivity contribution in [1.29, 1.82) is 0 Å². The summed E-state index contributed by atoms with van der Waals surface area (Å²) in [4.78, 5) is 13.4. The molecule has 1 saturated heterocycles. The van der Waals surface area contributed by atoms with Gasteiger partial charge in [0.2, 0.25) is 0 Å². The summed E-state index contributed by atoms with van der Waals surface area (Å²) in [5.41, 5.74) is -1.90. The van der Waals surface area contributed by atoms with E-state index in [1.165, 1.54) is 4.90 Å². The van der Waals surface area contributed by atoms with Crippen molar-refractivity contribution < 1.29 is 19.7 Å². The number of rotatable bonds is 2. The molecule has 19 heavy (non-hydrogen) atoms. The molecule has 1 amide bonds. The van der Waals surface area contributed by atoms with Gasteiger partial charge in [0.05, 0.1) is 19.7 Å². The summed E-state index contributed by atoms with van der Waals surface area (Å²) in [6, 6.07) is 0. The van der Waals surface area contributed by atoms with Crippen LogP contribution < -0.4 is 0 Å². The van der Waals surface area contributed by atoms with Gasteiger partial charge in [0.25, 0.3) is 0 Å². The van der Waals surface area contributed by atoms with Crippen LogP contribution in [0.4, 0.5) is 4.79 Å². The number of nitrogens with zero attached hydrogens (tertiary/aromatic N) is 1. The molecular weight excluding hydrogens is 246 g/mol. The molecule has 0 aromatic rings. The molecule has 2 N–H and O–H groups in total. The SMILES string of the molecule is CC(C)(C)OC(=O)N1CC(O)(C2(CO)CCCC2)C1. The number of carbonyl (C=O) groups excluding carboxylic acids is 1. The molecule has 5 nitrogen and oxygen atoms in total. The van der Waals surface area contributed by atoms with Gasteiger partial charge in [-0.05, 0) is 33.6 Å². The van der Waals surface area contributed by atoms with Gasteiger partial charge in [0.1, 0.15) is 11.2 Å². The van der Waals surface area contributed by atoms with Crippen molar-refractivity contribution in [1.82, 2.24) is 4.90 Å². The molecule has 5 heteroatoms. The molecule has 110 valence electrons. The van der Waals surface area contributed by atoms with Crippen LogP contribution >= 0.6 is 0 Å². The summed E-state index contributed by atoms with van der Waals surface area (Å²) in [6.45, 7) is 5.99. The number of likely N-dealkylation sites (tertiary alicyclic amines) is 1. The predicted molar refractivity (Wildman–Crippen MR) is 70.7 cm³/mol. The van der Waals surface area contributed by atoms with E-state index >= 15 is 0 Å². The van der Waals surface area contributed by atoms with Gasteiger partial charge in [0.15, 0.2) is 0 Å². The van der Waals surface area contributed by atoms with Crippen molar-refractivity contribution in [3.05, 3.63) is 0 Å². The lowest BCUT2D eigenvalue weighted by Crippen LogP contribution is -2.71. The van der Waals surface area contributed by atoms with Crippen LogP contribution in [0.25, 0.3) is 0 Å². The van der Waals surface area contributed by atoms with Crippen LogP contribution in [0, 0.1) is 5.41 Å². The molecule has 2 fully saturated rings. The predicted octanol–water partition coefficient (Wildman–Crippen LogP) is 1.52. The fourth-order valence-electron chi connectivity index (χ4n) is 3.20. The van der Waals surface area contributed by atoms with Gasteiger partial charge in [-0.3, -0.25) is 0 Å². The Morgan fingerprint density at radius 2 is 1.79 bits per heavy atom. The van der Waals surface area contributed by atoms with Crippen LogP contribution in [0.2, 0.25) is 0 Å². The van der Waals surface area contributed by atoms with Crippen LogP contribution in [0.5, 0.6) is 0 Å². The monoisotopic (exact) mass is 271 g/mol. The van der Waals surface area contributed by atoms with Gasteiger partial charge in [-0.15, -0.1) is 0 Å². The van der Waals surface area contributed by atoms with Crippen molar-refractivity contribution in [2.24, 2.45) is 5.41 Å². The van der Waals surface area contributed by atoms with Crippen molar-refractivity contribution in [2.75, 3.05) is 19.7 Å². The fraction of sp³-hybridized carbons (Fsp3) is 0.929. The summed E-state index contributed by atoms with van der Waals surface area (Å²) in [5.74, 6) is 0. The second kappa shape index (κ2) is 4.63. The van der Waals surface area contributed by atoms with Crippen LogP contribution in [-0.4, -0.2) is 52.1 Å². The second-order valence-corrected chi connectivity index (χ2v) is 7.01. The number of hydrogen-bond donors (Lipinski definition) is 2. The van der Waals surface area contributed by atoms with Gasteiger partial charge < -0.3 is 19.8 Å². The van der Waals surface area contributed by atoms with E-state index in [-0.39, 0.29) is 25.8 Å². The summed E-state index contributed by atoms with van der Waals surface area (Å²) in [5, 5.41) is 20.3. The minimum absolute atomic E-state index is 0.00828. The largest absolute Gasteiger partial charge is 0.444 e. The molecule has 0 spiro atoms. The van der Waals surface area contributed by atoms with E-state index in [2.05, 4.69) is 0 Å². The molecule has 0 atom stereocenters. The lowest BCUT2D eigenvalue weighted by atomic mass is 9.67. The minimum Gasteiger partial charge on any atom is -0.444 e.